The molecule has 0 unspecified atom stereocenters. The summed E-state index contributed by atoms with van der Waals surface area (Å²) in [5.41, 5.74) is 13.5. The molecule has 0 atom stereocenters. The van der Waals surface area contributed by atoms with Gasteiger partial charge in [-0.05, 0) is 23.8 Å². The first-order chi connectivity index (χ1) is 10.6. The van der Waals surface area contributed by atoms with Gasteiger partial charge in [-0.25, -0.2) is 14.7 Å². The predicted octanol–water partition coefficient (Wildman–Crippen LogP) is 3.61. The molecule has 0 fully saturated rings. The highest BCUT2D eigenvalue weighted by atomic mass is 32.1. The smallest absolute Gasteiger partial charge is 0.325 e. The van der Waals surface area contributed by atoms with Crippen LogP contribution in [-0.2, 0) is 0 Å². The highest BCUT2D eigenvalue weighted by molar-refractivity contribution is 7.19. The Morgan fingerprint density at radius 2 is 1.86 bits per heavy atom. The number of carbonyl (C=O) groups excluding carboxylic acids is 1. The summed E-state index contributed by atoms with van der Waals surface area (Å²) >= 11 is 1.40. The zero-order valence-corrected chi connectivity index (χ0v) is 12.5. The first-order valence-electron chi connectivity index (χ1n) is 6.61. The summed E-state index contributed by atoms with van der Waals surface area (Å²) in [7, 11) is 0. The molecule has 3 rings (SSSR count). The van der Waals surface area contributed by atoms with Crippen LogP contribution in [0.1, 0.15) is 0 Å². The summed E-state index contributed by atoms with van der Waals surface area (Å²) in [5, 5.41) is 0.511. The van der Waals surface area contributed by atoms with Gasteiger partial charge in [-0.3, -0.25) is 0 Å². The van der Waals surface area contributed by atoms with Gasteiger partial charge in [0, 0.05) is 11.9 Å². The van der Waals surface area contributed by atoms with Crippen LogP contribution in [0.3, 0.4) is 0 Å². The van der Waals surface area contributed by atoms with Gasteiger partial charge in [-0.15, -0.1) is 0 Å². The van der Waals surface area contributed by atoms with Crippen molar-refractivity contribution in [1.29, 1.82) is 0 Å². The summed E-state index contributed by atoms with van der Waals surface area (Å²) < 4.78 is 0. The quantitative estimate of drug-likeness (QED) is 0.725. The molecule has 2 amide bonds. The highest BCUT2D eigenvalue weighted by Gasteiger charge is 2.19. The second-order valence-electron chi connectivity index (χ2n) is 4.64. The number of aromatic nitrogens is 1. The van der Waals surface area contributed by atoms with Crippen LogP contribution in [0.4, 0.5) is 21.3 Å². The van der Waals surface area contributed by atoms with E-state index in [0.717, 1.165) is 10.4 Å². The lowest BCUT2D eigenvalue weighted by molar-refractivity contribution is 0.256. The van der Waals surface area contributed by atoms with Crippen molar-refractivity contribution in [3.8, 4) is 10.4 Å². The van der Waals surface area contributed by atoms with Crippen LogP contribution in [0.2, 0.25) is 0 Å². The molecular weight excluding hydrogens is 296 g/mol. The summed E-state index contributed by atoms with van der Waals surface area (Å²) in [6, 6.07) is 16.2. The second-order valence-corrected chi connectivity index (χ2v) is 5.65. The van der Waals surface area contributed by atoms with Gasteiger partial charge < -0.3 is 11.5 Å². The molecule has 0 bridgehead atoms. The topological polar surface area (TPSA) is 85.2 Å². The molecule has 0 spiro atoms. The summed E-state index contributed by atoms with van der Waals surface area (Å²) in [6.45, 7) is 0. The molecule has 0 aliphatic rings. The third-order valence-electron chi connectivity index (χ3n) is 3.09. The Hall–Kier alpha value is -2.86. The van der Waals surface area contributed by atoms with Crippen LogP contribution in [0, 0.1) is 0 Å². The molecule has 2 aromatic carbocycles. The van der Waals surface area contributed by atoms with Gasteiger partial charge in [0.25, 0.3) is 0 Å². The molecule has 0 saturated carbocycles. The number of nitrogens with two attached hydrogens (primary N) is 2. The highest BCUT2D eigenvalue weighted by Crippen LogP contribution is 2.34. The lowest BCUT2D eigenvalue weighted by atomic mass is 10.2. The molecule has 1 aromatic heterocycles. The van der Waals surface area contributed by atoms with Crippen molar-refractivity contribution in [1.82, 2.24) is 4.98 Å². The van der Waals surface area contributed by atoms with E-state index in [4.69, 9.17) is 11.5 Å². The fourth-order valence-corrected chi connectivity index (χ4v) is 3.05. The maximum absolute atomic E-state index is 11.8. The van der Waals surface area contributed by atoms with E-state index in [2.05, 4.69) is 4.98 Å². The summed E-state index contributed by atoms with van der Waals surface area (Å²) in [5.74, 6) is 0. The van der Waals surface area contributed by atoms with Crippen molar-refractivity contribution in [2.75, 3.05) is 10.6 Å². The number of nitrogen functional groups attached to an aromatic ring is 1. The third-order valence-corrected chi connectivity index (χ3v) is 4.12. The lowest BCUT2D eigenvalue weighted by Crippen LogP contribution is -2.31. The number of thiazole rings is 1. The van der Waals surface area contributed by atoms with E-state index in [1.807, 2.05) is 30.3 Å². The fourth-order valence-electron chi connectivity index (χ4n) is 2.10. The number of hydrogen-bond donors (Lipinski definition) is 2. The van der Waals surface area contributed by atoms with E-state index in [9.17, 15) is 4.79 Å². The molecule has 5 nitrogen and oxygen atoms in total. The van der Waals surface area contributed by atoms with Gasteiger partial charge >= 0.3 is 6.03 Å². The average Bonchev–Trinajstić information content (AvgIpc) is 2.97. The van der Waals surface area contributed by atoms with E-state index in [1.54, 1.807) is 30.5 Å². The molecule has 22 heavy (non-hydrogen) atoms. The van der Waals surface area contributed by atoms with Crippen molar-refractivity contribution >= 4 is 33.9 Å². The van der Waals surface area contributed by atoms with Crippen LogP contribution < -0.4 is 16.4 Å². The zero-order chi connectivity index (χ0) is 15.5. The van der Waals surface area contributed by atoms with E-state index < -0.39 is 6.03 Å². The van der Waals surface area contributed by atoms with Crippen molar-refractivity contribution in [3.63, 3.8) is 0 Å². The molecule has 110 valence electrons. The monoisotopic (exact) mass is 310 g/mol. The molecule has 4 N–H and O–H groups in total. The molecule has 0 aliphatic carbocycles. The number of benzene rings is 2. The second kappa shape index (κ2) is 5.87. The van der Waals surface area contributed by atoms with Crippen LogP contribution in [-0.4, -0.2) is 11.0 Å². The minimum Gasteiger partial charge on any atom is -0.399 e. The Labute approximate surface area is 131 Å². The molecular formula is C16H14N4OS. The number of rotatable bonds is 3. The predicted molar refractivity (Wildman–Crippen MR) is 90.1 cm³/mol. The SMILES string of the molecule is NC(=O)N(c1cccc(N)c1)c1ncc(-c2ccccc2)s1. The number of urea groups is 1. The number of nitrogens with zero attached hydrogens (tertiary/aromatic N) is 2. The van der Waals surface area contributed by atoms with Crippen LogP contribution in [0.25, 0.3) is 10.4 Å². The number of carbonyl (C=O) groups is 1. The number of amides is 2. The third kappa shape index (κ3) is 2.77. The largest absolute Gasteiger partial charge is 0.399 e. The number of anilines is 3. The Morgan fingerprint density at radius 3 is 2.55 bits per heavy atom. The van der Waals surface area contributed by atoms with E-state index >= 15 is 0 Å². The van der Waals surface area contributed by atoms with Gasteiger partial charge in [-0.1, -0.05) is 47.7 Å². The van der Waals surface area contributed by atoms with E-state index in [1.165, 1.54) is 16.2 Å². The number of hydrogen-bond acceptors (Lipinski definition) is 4. The van der Waals surface area contributed by atoms with E-state index in [0.29, 0.717) is 16.5 Å². The summed E-state index contributed by atoms with van der Waals surface area (Å²) in [4.78, 5) is 18.5. The van der Waals surface area contributed by atoms with Gasteiger partial charge in [0.1, 0.15) is 0 Å². The maximum atomic E-state index is 11.8. The Morgan fingerprint density at radius 1 is 1.09 bits per heavy atom. The Bertz CT molecular complexity index is 801. The van der Waals surface area contributed by atoms with E-state index in [-0.39, 0.29) is 0 Å². The lowest BCUT2D eigenvalue weighted by Gasteiger charge is -2.17. The fraction of sp³-hybridized carbons (Fsp3) is 0. The van der Waals surface area contributed by atoms with Gasteiger partial charge in [0.05, 0.1) is 10.6 Å². The Balaban J connectivity index is 2.00. The van der Waals surface area contributed by atoms with Crippen molar-refractivity contribution < 1.29 is 4.79 Å². The standard InChI is InChI=1S/C16H14N4OS/c17-12-7-4-8-13(9-12)20(15(18)21)16-19-10-14(22-16)11-5-2-1-3-6-11/h1-10H,17H2,(H2,18,21). The first-order valence-corrected chi connectivity index (χ1v) is 7.43. The minimum atomic E-state index is -0.598. The molecule has 6 heteroatoms. The zero-order valence-electron chi connectivity index (χ0n) is 11.6. The van der Waals surface area contributed by atoms with Crippen molar-refractivity contribution in [2.24, 2.45) is 5.73 Å². The molecule has 0 aliphatic heterocycles. The molecule has 1 heterocycles. The van der Waals surface area contributed by atoms with Crippen LogP contribution in [0.15, 0.2) is 60.8 Å². The molecule has 0 saturated heterocycles. The molecule has 0 radical (unpaired) electrons. The van der Waals surface area contributed by atoms with Crippen LogP contribution >= 0.6 is 11.3 Å². The van der Waals surface area contributed by atoms with Crippen LogP contribution in [0.5, 0.6) is 0 Å². The van der Waals surface area contributed by atoms with Gasteiger partial charge in [0.2, 0.25) is 0 Å². The van der Waals surface area contributed by atoms with Gasteiger partial charge in [0.15, 0.2) is 5.13 Å². The van der Waals surface area contributed by atoms with Crippen molar-refractivity contribution in [2.45, 2.75) is 0 Å². The normalized spacial score (nSPS) is 10.4. The average molecular weight is 310 g/mol. The number of primary amides is 1. The Kier molecular flexibility index (Phi) is 3.76. The summed E-state index contributed by atoms with van der Waals surface area (Å²) in [6.07, 6.45) is 1.73. The van der Waals surface area contributed by atoms with Crippen molar-refractivity contribution in [3.05, 3.63) is 60.8 Å². The first kappa shape index (κ1) is 14.1. The molecule has 3 aromatic rings. The maximum Gasteiger partial charge on any atom is 0.325 e. The minimum absolute atomic E-state index is 0.511. The van der Waals surface area contributed by atoms with Gasteiger partial charge in [-0.2, -0.15) is 0 Å².